The molecule has 0 spiro atoms. The maximum Gasteiger partial charge on any atom is 0.268 e. The van der Waals surface area contributed by atoms with Crippen LogP contribution in [-0.4, -0.2) is 29.1 Å². The van der Waals surface area contributed by atoms with Crippen molar-refractivity contribution < 1.29 is 0 Å². The van der Waals surface area contributed by atoms with E-state index >= 15 is 0 Å². The molecule has 0 atom stereocenters. The summed E-state index contributed by atoms with van der Waals surface area (Å²) in [6, 6.07) is 7.77. The Morgan fingerprint density at radius 3 is 2.62 bits per heavy atom. The van der Waals surface area contributed by atoms with Crippen LogP contribution in [0.4, 0.5) is 0 Å². The van der Waals surface area contributed by atoms with Crippen LogP contribution < -0.4 is 5.56 Å². The zero-order chi connectivity index (χ0) is 18.1. The molecular weight excluding hydrogens is 387 g/mol. The van der Waals surface area contributed by atoms with Gasteiger partial charge in [0.05, 0.1) is 14.7 Å². The summed E-state index contributed by atoms with van der Waals surface area (Å²) < 4.78 is 2.68. The van der Waals surface area contributed by atoms with Crippen LogP contribution in [0.3, 0.4) is 0 Å². The molecule has 0 bridgehead atoms. The first-order valence-corrected chi connectivity index (χ1v) is 10.5. The lowest BCUT2D eigenvalue weighted by molar-refractivity contribution is 0.321. The number of benzene rings is 1. The van der Waals surface area contributed by atoms with Crippen LogP contribution in [0.25, 0.3) is 10.1 Å². The normalized spacial score (nSPS) is 15.2. The lowest BCUT2D eigenvalue weighted by atomic mass is 10.0. The highest BCUT2D eigenvalue weighted by Gasteiger charge is 2.13. The molecule has 0 amide bonds. The first-order chi connectivity index (χ1) is 12.6. The summed E-state index contributed by atoms with van der Waals surface area (Å²) in [7, 11) is 0. The Kier molecular flexibility index (Phi) is 5.37. The Hall–Kier alpha value is -1.33. The fourth-order valence-corrected chi connectivity index (χ4v) is 4.89. The van der Waals surface area contributed by atoms with Gasteiger partial charge in [-0.2, -0.15) is 0 Å². The highest BCUT2D eigenvalue weighted by molar-refractivity contribution is 7.17. The van der Waals surface area contributed by atoms with E-state index in [1.165, 1.54) is 24.2 Å². The summed E-state index contributed by atoms with van der Waals surface area (Å²) in [5.41, 5.74) is 2.37. The van der Waals surface area contributed by atoms with Gasteiger partial charge in [-0.25, -0.2) is 0 Å². The second-order valence-corrected chi connectivity index (χ2v) is 8.49. The quantitative estimate of drug-likeness (QED) is 0.591. The maximum atomic E-state index is 12.8. The van der Waals surface area contributed by atoms with E-state index in [-0.39, 0.29) is 5.56 Å². The molecule has 4 rings (SSSR count). The van der Waals surface area contributed by atoms with Gasteiger partial charge in [-0.1, -0.05) is 29.3 Å². The minimum atomic E-state index is 0.118. The lowest BCUT2D eigenvalue weighted by Crippen LogP contribution is -2.28. The van der Waals surface area contributed by atoms with Gasteiger partial charge in [0.15, 0.2) is 0 Å². The van der Waals surface area contributed by atoms with Crippen LogP contribution in [0.5, 0.6) is 0 Å². The molecule has 1 aromatic carbocycles. The van der Waals surface area contributed by atoms with E-state index in [1.807, 2.05) is 29.0 Å². The molecule has 3 heterocycles. The molecule has 3 nitrogen and oxygen atoms in total. The second kappa shape index (κ2) is 7.73. The van der Waals surface area contributed by atoms with Gasteiger partial charge in [-0.3, -0.25) is 4.79 Å². The lowest BCUT2D eigenvalue weighted by Gasteiger charge is -2.15. The molecule has 1 aliphatic rings. The highest BCUT2D eigenvalue weighted by atomic mass is 35.5. The van der Waals surface area contributed by atoms with Crippen molar-refractivity contribution in [2.45, 2.75) is 25.8 Å². The Bertz CT molecular complexity index is 989. The van der Waals surface area contributed by atoms with Crippen molar-refractivity contribution in [2.75, 3.05) is 19.6 Å². The van der Waals surface area contributed by atoms with Crippen molar-refractivity contribution in [1.29, 1.82) is 0 Å². The summed E-state index contributed by atoms with van der Waals surface area (Å²) in [6.07, 6.45) is 5.23. The third-order valence-electron chi connectivity index (χ3n) is 5.02. The number of aromatic nitrogens is 1. The Labute approximate surface area is 166 Å². The van der Waals surface area contributed by atoms with Gasteiger partial charge in [0.25, 0.3) is 5.56 Å². The average molecular weight is 407 g/mol. The van der Waals surface area contributed by atoms with Crippen molar-refractivity contribution in [3.63, 3.8) is 0 Å². The van der Waals surface area contributed by atoms with Crippen molar-refractivity contribution in [1.82, 2.24) is 9.47 Å². The van der Waals surface area contributed by atoms with Gasteiger partial charge in [-0.05, 0) is 67.1 Å². The van der Waals surface area contributed by atoms with Gasteiger partial charge in [-0.15, -0.1) is 11.3 Å². The first kappa shape index (κ1) is 18.1. The van der Waals surface area contributed by atoms with Gasteiger partial charge >= 0.3 is 0 Å². The summed E-state index contributed by atoms with van der Waals surface area (Å²) in [4.78, 5) is 15.2. The Morgan fingerprint density at radius 1 is 1.04 bits per heavy atom. The van der Waals surface area contributed by atoms with E-state index in [2.05, 4.69) is 16.3 Å². The largest absolute Gasteiger partial charge is 0.313 e. The van der Waals surface area contributed by atoms with Crippen molar-refractivity contribution in [3.8, 4) is 0 Å². The SMILES string of the molecule is O=c1c2scc(Cc3ccc(Cl)c(Cl)c3)c2ccn1CCN1CCCC1. The summed E-state index contributed by atoms with van der Waals surface area (Å²) in [5, 5.41) is 4.25. The van der Waals surface area contributed by atoms with Crippen LogP contribution in [0.2, 0.25) is 10.0 Å². The zero-order valence-corrected chi connectivity index (χ0v) is 16.7. The van der Waals surface area contributed by atoms with E-state index in [9.17, 15) is 4.79 Å². The second-order valence-electron chi connectivity index (χ2n) is 6.79. The molecule has 0 radical (unpaired) electrons. The number of hydrogen-bond donors (Lipinski definition) is 0. The molecule has 1 fully saturated rings. The molecule has 0 aliphatic carbocycles. The fourth-order valence-electron chi connectivity index (χ4n) is 3.55. The molecule has 3 aromatic rings. The Morgan fingerprint density at radius 2 is 1.85 bits per heavy atom. The number of halogens is 2. The standard InChI is InChI=1S/C20H20Cl2N2OS/c21-17-4-3-14(12-18(17)22)11-15-13-26-19-16(15)5-8-24(20(19)25)10-9-23-6-1-2-7-23/h3-5,8,12-13H,1-2,6-7,9-11H2. The summed E-state index contributed by atoms with van der Waals surface area (Å²) in [5.74, 6) is 0. The maximum absolute atomic E-state index is 12.8. The molecule has 26 heavy (non-hydrogen) atoms. The topological polar surface area (TPSA) is 25.2 Å². The molecule has 0 unspecified atom stereocenters. The van der Waals surface area contributed by atoms with E-state index in [0.717, 1.165) is 53.8 Å². The molecule has 136 valence electrons. The summed E-state index contributed by atoms with van der Waals surface area (Å²) in [6.45, 7) is 4.02. The number of rotatable bonds is 5. The van der Waals surface area contributed by atoms with Crippen molar-refractivity contribution >= 4 is 44.6 Å². The molecule has 6 heteroatoms. The number of fused-ring (bicyclic) bond motifs is 1. The van der Waals surface area contributed by atoms with Crippen LogP contribution in [-0.2, 0) is 13.0 Å². The Balaban J connectivity index is 1.57. The molecule has 0 N–H and O–H groups in total. The highest BCUT2D eigenvalue weighted by Crippen LogP contribution is 2.28. The number of nitrogens with zero attached hydrogens (tertiary/aromatic N) is 2. The smallest absolute Gasteiger partial charge is 0.268 e. The fraction of sp³-hybridized carbons (Fsp3) is 0.350. The molecule has 2 aromatic heterocycles. The molecule has 1 saturated heterocycles. The third kappa shape index (κ3) is 3.70. The van der Waals surface area contributed by atoms with Crippen LogP contribution >= 0.6 is 34.5 Å². The third-order valence-corrected chi connectivity index (χ3v) is 6.79. The van der Waals surface area contributed by atoms with Gasteiger partial charge < -0.3 is 9.47 Å². The predicted molar refractivity (Wildman–Crippen MR) is 111 cm³/mol. The van der Waals surface area contributed by atoms with Gasteiger partial charge in [0, 0.05) is 24.7 Å². The van der Waals surface area contributed by atoms with Gasteiger partial charge in [0.2, 0.25) is 0 Å². The number of pyridine rings is 1. The van der Waals surface area contributed by atoms with Crippen molar-refractivity contribution in [2.24, 2.45) is 0 Å². The van der Waals surface area contributed by atoms with E-state index < -0.39 is 0 Å². The van der Waals surface area contributed by atoms with Crippen LogP contribution in [0.1, 0.15) is 24.0 Å². The zero-order valence-electron chi connectivity index (χ0n) is 14.4. The van der Waals surface area contributed by atoms with E-state index in [4.69, 9.17) is 23.2 Å². The van der Waals surface area contributed by atoms with E-state index in [1.54, 1.807) is 0 Å². The minimum absolute atomic E-state index is 0.118. The molecular formula is C20H20Cl2N2OS. The number of likely N-dealkylation sites (tertiary alicyclic amines) is 1. The van der Waals surface area contributed by atoms with Gasteiger partial charge in [0.1, 0.15) is 0 Å². The predicted octanol–water partition coefficient (Wildman–Crippen LogP) is 5.06. The number of hydrogen-bond acceptors (Lipinski definition) is 3. The van der Waals surface area contributed by atoms with E-state index in [0.29, 0.717) is 10.0 Å². The molecule has 1 aliphatic heterocycles. The summed E-state index contributed by atoms with van der Waals surface area (Å²) >= 11 is 13.6. The minimum Gasteiger partial charge on any atom is -0.313 e. The monoisotopic (exact) mass is 406 g/mol. The van der Waals surface area contributed by atoms with Crippen LogP contribution in [0, 0.1) is 0 Å². The average Bonchev–Trinajstić information content (AvgIpc) is 3.28. The number of thiophene rings is 1. The van der Waals surface area contributed by atoms with Crippen molar-refractivity contribution in [3.05, 3.63) is 67.4 Å². The molecule has 0 saturated carbocycles. The van der Waals surface area contributed by atoms with Crippen LogP contribution in [0.15, 0.2) is 40.6 Å². The first-order valence-electron chi connectivity index (χ1n) is 8.87.